The second-order valence-corrected chi connectivity index (χ2v) is 14.9. The minimum atomic E-state index is -0.694. The van der Waals surface area contributed by atoms with Crippen LogP contribution >= 0.6 is 0 Å². The fraction of sp³-hybridized carbons (Fsp3) is 0.966. The van der Waals surface area contributed by atoms with Crippen molar-refractivity contribution in [2.75, 3.05) is 20.6 Å². The predicted octanol–water partition coefficient (Wildman–Crippen LogP) is 3.12. The van der Waals surface area contributed by atoms with E-state index < -0.39 is 11.6 Å². The van der Waals surface area contributed by atoms with Gasteiger partial charge in [0.2, 0.25) is 0 Å². The number of nitrogens with one attached hydrogen (secondary N) is 1. The van der Waals surface area contributed by atoms with E-state index in [1.807, 2.05) is 0 Å². The van der Waals surface area contributed by atoms with Crippen molar-refractivity contribution in [1.82, 2.24) is 10.2 Å². The predicted molar refractivity (Wildman–Crippen MR) is 138 cm³/mol. The van der Waals surface area contributed by atoms with Gasteiger partial charge >= 0.3 is 6.03 Å². The second kappa shape index (κ2) is 7.61. The van der Waals surface area contributed by atoms with Crippen molar-refractivity contribution in [3.8, 4) is 0 Å². The summed E-state index contributed by atoms with van der Waals surface area (Å²) in [4.78, 5) is 13.7. The number of urea groups is 1. The second-order valence-electron chi connectivity index (χ2n) is 14.9. The summed E-state index contributed by atoms with van der Waals surface area (Å²) < 4.78 is 6.63. The van der Waals surface area contributed by atoms with Crippen LogP contribution < -0.4 is 11.1 Å². The van der Waals surface area contributed by atoms with Crippen LogP contribution in [0.3, 0.4) is 0 Å². The van der Waals surface area contributed by atoms with Crippen molar-refractivity contribution in [1.29, 1.82) is 0 Å². The van der Waals surface area contributed by atoms with Gasteiger partial charge in [-0.05, 0) is 96.7 Å². The standard InChI is InChI=1S/C29H49N3O4/c1-16-13-17(14-31-24(35)32(5)6)36-22-21(16)26(4)11-12-28-15-27(28)10-9-20(33)25(2,3)18(27)7-8-19(28)29(26,30)23(22)34/h16-23,33-34H,7-15,30H2,1-6H3,(H,31,35). The Balaban J connectivity index is 1.30. The number of hydrogen-bond acceptors (Lipinski definition) is 5. The van der Waals surface area contributed by atoms with Gasteiger partial charge in [0.05, 0.1) is 30.0 Å². The van der Waals surface area contributed by atoms with E-state index in [9.17, 15) is 15.0 Å². The summed E-state index contributed by atoms with van der Waals surface area (Å²) in [7, 11) is 3.48. The minimum Gasteiger partial charge on any atom is -0.393 e. The number of hydrogen-bond donors (Lipinski definition) is 4. The van der Waals surface area contributed by atoms with Gasteiger partial charge in [0.15, 0.2) is 0 Å². The molecular formula is C29H49N3O4. The lowest BCUT2D eigenvalue weighted by atomic mass is 9.43. The molecule has 7 nitrogen and oxygen atoms in total. The summed E-state index contributed by atoms with van der Waals surface area (Å²) in [6.45, 7) is 9.68. The molecule has 204 valence electrons. The molecule has 12 unspecified atom stereocenters. The van der Waals surface area contributed by atoms with Crippen LogP contribution in [0.1, 0.15) is 79.1 Å². The maximum atomic E-state index is 12.1. The number of aliphatic hydroxyl groups excluding tert-OH is 2. The molecule has 0 radical (unpaired) electrons. The lowest BCUT2D eigenvalue weighted by molar-refractivity contribution is -0.152. The Bertz CT molecular complexity index is 941. The SMILES string of the molecule is CC1CC(CNC(=O)N(C)C)OC2C1C1(C)CCC34CC35CCC(O)C(C)(C)C5CCC4C1(N)C2O. The number of nitrogens with zero attached hydrogens (tertiary/aromatic N) is 1. The molecule has 2 amide bonds. The van der Waals surface area contributed by atoms with Crippen molar-refractivity contribution < 1.29 is 19.7 Å². The van der Waals surface area contributed by atoms with E-state index in [2.05, 4.69) is 33.0 Å². The van der Waals surface area contributed by atoms with Crippen molar-refractivity contribution in [2.45, 2.75) is 109 Å². The Kier molecular flexibility index (Phi) is 5.37. The van der Waals surface area contributed by atoms with Crippen molar-refractivity contribution in [3.05, 3.63) is 0 Å². The molecule has 1 saturated heterocycles. The zero-order chi connectivity index (χ0) is 26.1. The lowest BCUT2D eigenvalue weighted by Crippen LogP contribution is -2.70. The molecule has 5 aliphatic carbocycles. The zero-order valence-electron chi connectivity index (χ0n) is 23.2. The summed E-state index contributed by atoms with van der Waals surface area (Å²) in [6.07, 6.45) is 7.18. The number of fused-ring (bicyclic) bond motifs is 4. The van der Waals surface area contributed by atoms with Crippen LogP contribution in [-0.2, 0) is 4.74 Å². The van der Waals surface area contributed by atoms with Gasteiger partial charge in [-0.2, -0.15) is 0 Å². The van der Waals surface area contributed by atoms with Crippen LogP contribution in [0.15, 0.2) is 0 Å². The van der Waals surface area contributed by atoms with Gasteiger partial charge in [-0.15, -0.1) is 0 Å². The monoisotopic (exact) mass is 503 g/mol. The molecular weight excluding hydrogens is 454 g/mol. The summed E-state index contributed by atoms with van der Waals surface area (Å²) in [5.74, 6) is 1.44. The zero-order valence-corrected chi connectivity index (χ0v) is 23.2. The molecule has 1 aliphatic heterocycles. The van der Waals surface area contributed by atoms with E-state index in [0.717, 1.165) is 38.5 Å². The number of rotatable bonds is 2. The molecule has 6 fully saturated rings. The fourth-order valence-corrected chi connectivity index (χ4v) is 11.5. The van der Waals surface area contributed by atoms with Gasteiger partial charge in [-0.25, -0.2) is 4.79 Å². The van der Waals surface area contributed by atoms with Crippen LogP contribution in [0.4, 0.5) is 4.79 Å². The molecule has 0 aromatic rings. The number of aliphatic hydroxyl groups is 2. The molecule has 12 atom stereocenters. The molecule has 6 rings (SSSR count). The highest BCUT2D eigenvalue weighted by Gasteiger charge is 2.85. The van der Waals surface area contributed by atoms with Crippen molar-refractivity contribution in [3.63, 3.8) is 0 Å². The smallest absolute Gasteiger partial charge is 0.316 e. The minimum absolute atomic E-state index is 0.0562. The third kappa shape index (κ3) is 2.82. The largest absolute Gasteiger partial charge is 0.393 e. The van der Waals surface area contributed by atoms with Crippen LogP contribution in [-0.4, -0.2) is 71.7 Å². The van der Waals surface area contributed by atoms with Crippen LogP contribution in [0, 0.1) is 45.3 Å². The lowest BCUT2D eigenvalue weighted by Gasteiger charge is -2.63. The van der Waals surface area contributed by atoms with E-state index in [1.165, 1.54) is 17.7 Å². The first-order chi connectivity index (χ1) is 16.8. The molecule has 5 saturated carbocycles. The van der Waals surface area contributed by atoms with E-state index in [-0.39, 0.29) is 51.9 Å². The Morgan fingerprint density at radius 2 is 1.72 bits per heavy atom. The first-order valence-electron chi connectivity index (χ1n) is 14.5. The molecule has 6 aliphatic rings. The first-order valence-corrected chi connectivity index (χ1v) is 14.5. The fourth-order valence-electron chi connectivity index (χ4n) is 11.5. The third-order valence-corrected chi connectivity index (χ3v) is 13.2. The molecule has 1 heterocycles. The Labute approximate surface area is 216 Å². The van der Waals surface area contributed by atoms with Crippen molar-refractivity contribution in [2.24, 2.45) is 51.1 Å². The summed E-state index contributed by atoms with van der Waals surface area (Å²) in [6, 6.07) is -0.116. The summed E-state index contributed by atoms with van der Waals surface area (Å²) in [5.41, 5.74) is 7.21. The van der Waals surface area contributed by atoms with Crippen LogP contribution in [0.2, 0.25) is 0 Å². The van der Waals surface area contributed by atoms with E-state index in [0.29, 0.717) is 24.3 Å². The van der Waals surface area contributed by atoms with Crippen LogP contribution in [0.25, 0.3) is 0 Å². The number of carbonyl (C=O) groups excluding carboxylic acids is 1. The average molecular weight is 504 g/mol. The number of ether oxygens (including phenoxy) is 1. The highest BCUT2D eigenvalue weighted by Crippen LogP contribution is 2.87. The topological polar surface area (TPSA) is 108 Å². The molecule has 0 bridgehead atoms. The number of carbonyl (C=O) groups is 1. The molecule has 2 spiro atoms. The quantitative estimate of drug-likeness (QED) is 0.463. The maximum Gasteiger partial charge on any atom is 0.316 e. The molecule has 5 N–H and O–H groups in total. The van der Waals surface area contributed by atoms with E-state index in [1.54, 1.807) is 14.1 Å². The van der Waals surface area contributed by atoms with Crippen molar-refractivity contribution >= 4 is 6.03 Å². The maximum absolute atomic E-state index is 12.1. The Hall–Kier alpha value is -0.890. The van der Waals surface area contributed by atoms with Gasteiger partial charge < -0.3 is 30.9 Å². The molecule has 0 aromatic carbocycles. The summed E-state index contributed by atoms with van der Waals surface area (Å²) in [5, 5.41) is 25.9. The van der Waals surface area contributed by atoms with Gasteiger partial charge in [-0.3, -0.25) is 0 Å². The molecule has 0 aromatic heterocycles. The van der Waals surface area contributed by atoms with E-state index >= 15 is 0 Å². The molecule has 36 heavy (non-hydrogen) atoms. The van der Waals surface area contributed by atoms with Crippen LogP contribution in [0.5, 0.6) is 0 Å². The summed E-state index contributed by atoms with van der Waals surface area (Å²) >= 11 is 0. The normalized spacial score (nSPS) is 56.4. The highest BCUT2D eigenvalue weighted by molar-refractivity contribution is 5.73. The molecule has 7 heteroatoms. The Morgan fingerprint density at radius 1 is 1.06 bits per heavy atom. The van der Waals surface area contributed by atoms with Gasteiger partial charge in [0.25, 0.3) is 0 Å². The van der Waals surface area contributed by atoms with E-state index in [4.69, 9.17) is 10.5 Å². The number of amides is 2. The number of nitrogens with two attached hydrogens (primary N) is 1. The first kappa shape index (κ1) is 25.4. The van der Waals surface area contributed by atoms with Gasteiger partial charge in [-0.1, -0.05) is 27.7 Å². The highest BCUT2D eigenvalue weighted by atomic mass is 16.5. The third-order valence-electron chi connectivity index (χ3n) is 13.2. The Morgan fingerprint density at radius 3 is 2.42 bits per heavy atom. The van der Waals surface area contributed by atoms with Gasteiger partial charge in [0, 0.05) is 20.6 Å². The van der Waals surface area contributed by atoms with Gasteiger partial charge in [0.1, 0.15) is 0 Å². The average Bonchev–Trinajstić information content (AvgIpc) is 3.45.